The van der Waals surface area contributed by atoms with E-state index in [0.717, 1.165) is 8.42 Å². The molecule has 0 unspecified atom stereocenters. The monoisotopic (exact) mass is 468 g/mol. The molecule has 0 radical (unpaired) electrons. The van der Waals surface area contributed by atoms with Crippen molar-refractivity contribution in [3.8, 4) is 20.9 Å². The molecule has 28 heavy (non-hydrogen) atoms. The van der Waals surface area contributed by atoms with Gasteiger partial charge in [-0.2, -0.15) is 0 Å². The van der Waals surface area contributed by atoms with Crippen LogP contribution in [0.5, 0.6) is 0 Å². The zero-order valence-corrected chi connectivity index (χ0v) is 19.4. The summed E-state index contributed by atoms with van der Waals surface area (Å²) < 4.78 is 7.63. The molecule has 0 aliphatic rings. The van der Waals surface area contributed by atoms with Crippen LogP contribution in [0.3, 0.4) is 0 Å². The summed E-state index contributed by atoms with van der Waals surface area (Å²) in [4.78, 5) is 2.55. The molecule has 0 aliphatic carbocycles. The third-order valence-electron chi connectivity index (χ3n) is 4.84. The van der Waals surface area contributed by atoms with Crippen molar-refractivity contribution >= 4 is 100 Å². The fourth-order valence-electron chi connectivity index (χ4n) is 3.53. The predicted octanol–water partition coefficient (Wildman–Crippen LogP) is 9.30. The van der Waals surface area contributed by atoms with Crippen molar-refractivity contribution in [2.24, 2.45) is 0 Å². The van der Waals surface area contributed by atoms with E-state index in [9.17, 15) is 0 Å². The molecule has 4 aromatic heterocycles. The van der Waals surface area contributed by atoms with Crippen LogP contribution in [0.15, 0.2) is 69.1 Å². The maximum absolute atomic E-state index is 4.46. The first-order chi connectivity index (χ1) is 13.7. The summed E-state index contributed by atoms with van der Waals surface area (Å²) in [6.45, 7) is 0. The lowest BCUT2D eigenvalue weighted by Crippen LogP contribution is -1.71. The molecule has 136 valence electrons. The van der Waals surface area contributed by atoms with E-state index in [1.807, 2.05) is 22.7 Å². The van der Waals surface area contributed by atoms with E-state index in [4.69, 9.17) is 0 Å². The second kappa shape index (κ2) is 6.62. The van der Waals surface area contributed by atoms with Gasteiger partial charge in [0.2, 0.25) is 0 Å². The van der Waals surface area contributed by atoms with Crippen LogP contribution in [0.25, 0.3) is 50.5 Å². The zero-order chi connectivity index (χ0) is 18.8. The summed E-state index contributed by atoms with van der Waals surface area (Å²) in [6, 6.07) is 22.1. The number of thiol groups is 2. The molecule has 0 saturated carbocycles. The Balaban J connectivity index is 1.52. The summed E-state index contributed by atoms with van der Waals surface area (Å²) in [7, 11) is 0. The minimum Gasteiger partial charge on any atom is -0.134 e. The number of hydrogen-bond acceptors (Lipinski definition) is 6. The Labute approximate surface area is 188 Å². The van der Waals surface area contributed by atoms with Gasteiger partial charge >= 0.3 is 0 Å². The average Bonchev–Trinajstić information content (AvgIpc) is 3.44. The molecule has 0 aliphatic heterocycles. The number of hydrogen-bond donors (Lipinski definition) is 2. The molecule has 2 aromatic carbocycles. The van der Waals surface area contributed by atoms with Crippen LogP contribution in [-0.2, 0) is 0 Å². The van der Waals surface area contributed by atoms with Crippen molar-refractivity contribution in [1.29, 1.82) is 0 Å². The molecule has 0 saturated heterocycles. The second-order valence-electron chi connectivity index (χ2n) is 6.56. The highest BCUT2D eigenvalue weighted by atomic mass is 32.2. The first-order valence-corrected chi connectivity index (χ1v) is 12.8. The zero-order valence-electron chi connectivity index (χ0n) is 14.3. The Morgan fingerprint density at radius 2 is 0.964 bits per heavy atom. The maximum atomic E-state index is 4.46. The van der Waals surface area contributed by atoms with E-state index in [2.05, 4.69) is 85.9 Å². The van der Waals surface area contributed by atoms with E-state index < -0.39 is 0 Å². The third-order valence-corrected chi connectivity index (χ3v) is 10.1. The van der Waals surface area contributed by atoms with Gasteiger partial charge in [0.15, 0.2) is 0 Å². The van der Waals surface area contributed by atoms with Crippen molar-refractivity contribution in [2.75, 3.05) is 0 Å². The smallest absolute Gasteiger partial charge is 0.0574 e. The molecule has 0 N–H and O–H groups in total. The molecular formula is C22H12S6. The largest absolute Gasteiger partial charge is 0.134 e. The fourth-order valence-corrected chi connectivity index (χ4v) is 8.48. The molecule has 0 bridgehead atoms. The minimum atomic E-state index is 1.06. The topological polar surface area (TPSA) is 0 Å². The molecule has 0 fully saturated rings. The normalized spacial score (nSPS) is 11.9. The highest BCUT2D eigenvalue weighted by Gasteiger charge is 2.14. The van der Waals surface area contributed by atoms with Crippen molar-refractivity contribution in [3.63, 3.8) is 0 Å². The highest BCUT2D eigenvalue weighted by molar-refractivity contribution is 7.83. The molecule has 0 atom stereocenters. The van der Waals surface area contributed by atoms with Crippen LogP contribution in [0, 0.1) is 0 Å². The number of fused-ring (bicyclic) bond motifs is 5. The molecular weight excluding hydrogens is 457 g/mol. The van der Waals surface area contributed by atoms with Gasteiger partial charge in [0.25, 0.3) is 0 Å². The van der Waals surface area contributed by atoms with E-state index in [0.29, 0.717) is 0 Å². The molecule has 6 heteroatoms. The summed E-state index contributed by atoms with van der Waals surface area (Å²) in [5.41, 5.74) is 2.55. The van der Waals surface area contributed by atoms with Crippen molar-refractivity contribution in [2.45, 2.75) is 8.42 Å². The lowest BCUT2D eigenvalue weighted by Gasteiger charge is -1.99. The Kier molecular flexibility index (Phi) is 4.15. The number of thiophene rings is 4. The van der Waals surface area contributed by atoms with E-state index in [-0.39, 0.29) is 0 Å². The van der Waals surface area contributed by atoms with Crippen molar-refractivity contribution < 1.29 is 0 Å². The summed E-state index contributed by atoms with van der Waals surface area (Å²) in [6.07, 6.45) is 0. The summed E-state index contributed by atoms with van der Waals surface area (Å²) in [5, 5.41) is 2.73. The van der Waals surface area contributed by atoms with Gasteiger partial charge in [-0.05, 0) is 47.5 Å². The van der Waals surface area contributed by atoms with Crippen molar-refractivity contribution in [1.82, 2.24) is 0 Å². The van der Waals surface area contributed by atoms with Crippen LogP contribution in [0.1, 0.15) is 0 Å². The van der Waals surface area contributed by atoms with Gasteiger partial charge in [-0.15, -0.1) is 70.6 Å². The predicted molar refractivity (Wildman–Crippen MR) is 136 cm³/mol. The maximum Gasteiger partial charge on any atom is 0.0574 e. The Hall–Kier alpha value is -1.28. The fraction of sp³-hybridized carbons (Fsp3) is 0. The highest BCUT2D eigenvalue weighted by Crippen LogP contribution is 2.46. The first-order valence-electron chi connectivity index (χ1n) is 8.63. The minimum absolute atomic E-state index is 1.06. The van der Waals surface area contributed by atoms with E-state index in [1.54, 1.807) is 22.7 Å². The van der Waals surface area contributed by atoms with E-state index in [1.165, 1.54) is 50.5 Å². The molecule has 0 amide bonds. The SMILES string of the molecule is Sc1ccc(-c2ccc3c(c2)sc2c4ccc(-c5ccc(S)s5)cc4sc32)s1. The molecule has 0 spiro atoms. The second-order valence-corrected chi connectivity index (χ2v) is 12.4. The van der Waals surface area contributed by atoms with Crippen LogP contribution in [0.2, 0.25) is 0 Å². The van der Waals surface area contributed by atoms with Gasteiger partial charge < -0.3 is 0 Å². The summed E-state index contributed by atoms with van der Waals surface area (Å²) in [5.74, 6) is 0. The van der Waals surface area contributed by atoms with Gasteiger partial charge in [0.1, 0.15) is 0 Å². The molecule has 6 rings (SSSR count). The van der Waals surface area contributed by atoms with Crippen LogP contribution in [0.4, 0.5) is 0 Å². The Bertz CT molecular complexity index is 1380. The quantitative estimate of drug-likeness (QED) is 0.232. The Morgan fingerprint density at radius 1 is 0.500 bits per heavy atom. The first kappa shape index (κ1) is 17.6. The number of rotatable bonds is 2. The standard InChI is InChI=1S/C22H12S6/c23-19-7-5-15(25-19)11-1-3-13-17(9-11)27-22-14-4-2-12(10-18(14)28-21(13)22)16-6-8-20(24)26-16/h1-10,23-24H. The molecule has 4 heterocycles. The molecule has 0 nitrogen and oxygen atoms in total. The van der Waals surface area contributed by atoms with Gasteiger partial charge in [0, 0.05) is 29.9 Å². The average molecular weight is 469 g/mol. The van der Waals surface area contributed by atoms with Gasteiger partial charge in [-0.3, -0.25) is 0 Å². The van der Waals surface area contributed by atoms with Gasteiger partial charge in [-0.1, -0.05) is 24.3 Å². The van der Waals surface area contributed by atoms with Crippen molar-refractivity contribution in [3.05, 3.63) is 60.7 Å². The van der Waals surface area contributed by atoms with Crippen LogP contribution >= 0.6 is 70.6 Å². The lowest BCUT2D eigenvalue weighted by molar-refractivity contribution is 1.75. The van der Waals surface area contributed by atoms with Gasteiger partial charge in [0.05, 0.1) is 17.8 Å². The molecule has 6 aromatic rings. The van der Waals surface area contributed by atoms with E-state index >= 15 is 0 Å². The lowest BCUT2D eigenvalue weighted by atomic mass is 10.1. The van der Waals surface area contributed by atoms with Crippen LogP contribution in [-0.4, -0.2) is 0 Å². The number of benzene rings is 2. The summed E-state index contributed by atoms with van der Waals surface area (Å²) >= 11 is 16.2. The van der Waals surface area contributed by atoms with Gasteiger partial charge in [-0.25, -0.2) is 0 Å². The van der Waals surface area contributed by atoms with Crippen LogP contribution < -0.4 is 0 Å². The Morgan fingerprint density at radius 3 is 1.36 bits per heavy atom. The third kappa shape index (κ3) is 2.78.